The van der Waals surface area contributed by atoms with Crippen LogP contribution in [0.1, 0.15) is 60.8 Å². The van der Waals surface area contributed by atoms with Gasteiger partial charge in [-0.1, -0.05) is 13.8 Å². The lowest BCUT2D eigenvalue weighted by molar-refractivity contribution is -0.0588. The molecule has 1 rings (SSSR count). The molecule has 0 saturated carbocycles. The number of nitrogens with one attached hydrogen (secondary N) is 1. The van der Waals surface area contributed by atoms with Gasteiger partial charge in [-0.2, -0.15) is 0 Å². The number of rotatable bonds is 6. The first-order valence-corrected chi connectivity index (χ1v) is 8.14. The van der Waals surface area contributed by atoms with Crippen LogP contribution in [0.3, 0.4) is 0 Å². The third-order valence-corrected chi connectivity index (χ3v) is 4.74. The molecular weight excluding hydrogens is 248 g/mol. The average Bonchev–Trinajstić information content (AvgIpc) is 2.36. The van der Waals surface area contributed by atoms with Crippen LogP contribution in [0.15, 0.2) is 0 Å². The van der Waals surface area contributed by atoms with E-state index in [4.69, 9.17) is 4.74 Å². The number of ether oxygens (including phenoxy) is 1. The Bertz CT molecular complexity index is 300. The minimum Gasteiger partial charge on any atom is -0.377 e. The largest absolute Gasteiger partial charge is 0.377 e. The van der Waals surface area contributed by atoms with Gasteiger partial charge in [0.05, 0.1) is 5.60 Å². The van der Waals surface area contributed by atoms with E-state index in [1.54, 1.807) is 0 Å². The summed E-state index contributed by atoms with van der Waals surface area (Å²) in [6.45, 7) is 18.2. The molecule has 0 spiro atoms. The highest BCUT2D eigenvalue weighted by atomic mass is 16.5. The van der Waals surface area contributed by atoms with Crippen LogP contribution >= 0.6 is 0 Å². The third kappa shape index (κ3) is 5.71. The molecule has 1 fully saturated rings. The van der Waals surface area contributed by atoms with Crippen molar-refractivity contribution < 1.29 is 4.74 Å². The fourth-order valence-corrected chi connectivity index (χ4v) is 2.92. The highest BCUT2D eigenvalue weighted by Crippen LogP contribution is 2.29. The fourth-order valence-electron chi connectivity index (χ4n) is 2.92. The van der Waals surface area contributed by atoms with Gasteiger partial charge in [-0.15, -0.1) is 0 Å². The maximum absolute atomic E-state index is 5.71. The molecule has 0 aromatic heterocycles. The quantitative estimate of drug-likeness (QED) is 0.810. The van der Waals surface area contributed by atoms with Crippen LogP contribution in [-0.2, 0) is 4.74 Å². The maximum Gasteiger partial charge on any atom is 0.0777 e. The number of likely N-dealkylation sites (tertiary alicyclic amines) is 1. The Kier molecular flexibility index (Phi) is 6.06. The number of methoxy groups -OCH3 is 1. The topological polar surface area (TPSA) is 24.5 Å². The van der Waals surface area contributed by atoms with Crippen molar-refractivity contribution in [2.75, 3.05) is 33.3 Å². The molecular formula is C17H36N2O. The Morgan fingerprint density at radius 2 is 1.90 bits per heavy atom. The number of hydrogen-bond acceptors (Lipinski definition) is 3. The lowest BCUT2D eigenvalue weighted by Gasteiger charge is -2.44. The lowest BCUT2D eigenvalue weighted by atomic mass is 9.84. The van der Waals surface area contributed by atoms with Crippen molar-refractivity contribution >= 4 is 0 Å². The molecule has 3 heteroatoms. The van der Waals surface area contributed by atoms with Gasteiger partial charge >= 0.3 is 0 Å². The molecule has 1 aliphatic rings. The van der Waals surface area contributed by atoms with Gasteiger partial charge < -0.3 is 10.1 Å². The zero-order valence-electron chi connectivity index (χ0n) is 14.8. The van der Waals surface area contributed by atoms with Gasteiger partial charge in [0.25, 0.3) is 0 Å². The summed E-state index contributed by atoms with van der Waals surface area (Å²) in [5, 5.41) is 3.68. The van der Waals surface area contributed by atoms with Crippen molar-refractivity contribution in [3.8, 4) is 0 Å². The van der Waals surface area contributed by atoms with E-state index >= 15 is 0 Å². The normalized spacial score (nSPS) is 28.4. The first-order chi connectivity index (χ1) is 9.11. The van der Waals surface area contributed by atoms with Gasteiger partial charge in [0.15, 0.2) is 0 Å². The Hall–Kier alpha value is -0.120. The smallest absolute Gasteiger partial charge is 0.0777 e. The highest BCUT2D eigenvalue weighted by Gasteiger charge is 2.34. The van der Waals surface area contributed by atoms with E-state index in [0.717, 1.165) is 19.6 Å². The molecule has 1 N–H and O–H groups in total. The van der Waals surface area contributed by atoms with Gasteiger partial charge in [-0.05, 0) is 58.9 Å². The summed E-state index contributed by atoms with van der Waals surface area (Å²) in [6, 6.07) is 0. The maximum atomic E-state index is 5.71. The Morgan fingerprint density at radius 3 is 2.40 bits per heavy atom. The SMILES string of the molecule is CCC(C)(CNC(C)(C)C)CN1CCCC(C)(OC)C1. The summed E-state index contributed by atoms with van der Waals surface area (Å²) >= 11 is 0. The van der Waals surface area contributed by atoms with Crippen molar-refractivity contribution in [2.45, 2.75) is 71.9 Å². The van der Waals surface area contributed by atoms with Gasteiger partial charge in [-0.25, -0.2) is 0 Å². The summed E-state index contributed by atoms with van der Waals surface area (Å²) in [5.41, 5.74) is 0.572. The van der Waals surface area contributed by atoms with Crippen LogP contribution in [0, 0.1) is 5.41 Å². The van der Waals surface area contributed by atoms with Crippen molar-refractivity contribution in [3.05, 3.63) is 0 Å². The average molecular weight is 284 g/mol. The van der Waals surface area contributed by atoms with Gasteiger partial charge in [-0.3, -0.25) is 4.90 Å². The summed E-state index contributed by atoms with van der Waals surface area (Å²) in [7, 11) is 1.85. The van der Waals surface area contributed by atoms with E-state index in [-0.39, 0.29) is 11.1 Å². The van der Waals surface area contributed by atoms with Crippen molar-refractivity contribution in [3.63, 3.8) is 0 Å². The Balaban J connectivity index is 2.58. The van der Waals surface area contributed by atoms with Crippen LogP contribution in [0.25, 0.3) is 0 Å². The third-order valence-electron chi connectivity index (χ3n) is 4.74. The van der Waals surface area contributed by atoms with Crippen LogP contribution < -0.4 is 5.32 Å². The van der Waals surface area contributed by atoms with E-state index in [0.29, 0.717) is 5.41 Å². The Morgan fingerprint density at radius 1 is 1.25 bits per heavy atom. The molecule has 2 unspecified atom stereocenters. The molecule has 1 heterocycles. The second-order valence-electron chi connectivity index (χ2n) is 8.24. The number of piperidine rings is 1. The molecule has 0 bridgehead atoms. The molecule has 0 aromatic carbocycles. The summed E-state index contributed by atoms with van der Waals surface area (Å²) in [4.78, 5) is 2.60. The predicted octanol–water partition coefficient (Wildman–Crippen LogP) is 3.29. The van der Waals surface area contributed by atoms with Crippen molar-refractivity contribution in [1.29, 1.82) is 0 Å². The lowest BCUT2D eigenvalue weighted by Crippen LogP contribution is -2.53. The van der Waals surface area contributed by atoms with Gasteiger partial charge in [0.2, 0.25) is 0 Å². The molecule has 2 atom stereocenters. The van der Waals surface area contributed by atoms with E-state index in [1.165, 1.54) is 25.8 Å². The standard InChI is InChI=1S/C17H36N2O/c1-8-16(5,12-18-15(2,3)4)13-19-11-9-10-17(6,14-19)20-7/h18H,8-14H2,1-7H3. The van der Waals surface area contributed by atoms with Gasteiger partial charge in [0.1, 0.15) is 0 Å². The van der Waals surface area contributed by atoms with Crippen LogP contribution in [0.5, 0.6) is 0 Å². The molecule has 1 saturated heterocycles. The first-order valence-electron chi connectivity index (χ1n) is 8.14. The highest BCUT2D eigenvalue weighted by molar-refractivity contribution is 4.89. The molecule has 0 radical (unpaired) electrons. The number of hydrogen-bond donors (Lipinski definition) is 1. The minimum atomic E-state index is 0.0460. The van der Waals surface area contributed by atoms with Crippen molar-refractivity contribution in [2.24, 2.45) is 5.41 Å². The predicted molar refractivity (Wildman–Crippen MR) is 87.2 cm³/mol. The monoisotopic (exact) mass is 284 g/mol. The molecule has 20 heavy (non-hydrogen) atoms. The van der Waals surface area contributed by atoms with Gasteiger partial charge in [0, 0.05) is 32.3 Å². The molecule has 0 aliphatic carbocycles. The van der Waals surface area contributed by atoms with E-state index < -0.39 is 0 Å². The summed E-state index contributed by atoms with van der Waals surface area (Å²) < 4.78 is 5.71. The van der Waals surface area contributed by atoms with Crippen LogP contribution in [0.4, 0.5) is 0 Å². The zero-order chi connectivity index (χ0) is 15.4. The molecule has 3 nitrogen and oxygen atoms in total. The molecule has 0 amide bonds. The van der Waals surface area contributed by atoms with E-state index in [1.807, 2.05) is 7.11 Å². The molecule has 1 aliphatic heterocycles. The number of nitrogens with zero attached hydrogens (tertiary/aromatic N) is 1. The molecule has 120 valence electrons. The molecule has 0 aromatic rings. The second kappa shape index (κ2) is 6.76. The van der Waals surface area contributed by atoms with Crippen LogP contribution in [0.2, 0.25) is 0 Å². The summed E-state index contributed by atoms with van der Waals surface area (Å²) in [5.74, 6) is 0. The Labute approximate surface area is 126 Å². The summed E-state index contributed by atoms with van der Waals surface area (Å²) in [6.07, 6.45) is 3.64. The second-order valence-corrected chi connectivity index (χ2v) is 8.24. The van der Waals surface area contributed by atoms with Crippen LogP contribution in [-0.4, -0.2) is 49.3 Å². The fraction of sp³-hybridized carbons (Fsp3) is 1.00. The first kappa shape index (κ1) is 17.9. The zero-order valence-corrected chi connectivity index (χ0v) is 14.8. The van der Waals surface area contributed by atoms with E-state index in [2.05, 4.69) is 51.8 Å². The van der Waals surface area contributed by atoms with Crippen molar-refractivity contribution in [1.82, 2.24) is 10.2 Å². The van der Waals surface area contributed by atoms with E-state index in [9.17, 15) is 0 Å². The minimum absolute atomic E-state index is 0.0460.